The minimum absolute atomic E-state index is 0.378. The molecule has 0 radical (unpaired) electrons. The topological polar surface area (TPSA) is 52.4 Å². The second-order valence-corrected chi connectivity index (χ2v) is 7.22. The fourth-order valence-electron chi connectivity index (χ4n) is 3.65. The molecule has 0 bridgehead atoms. The second kappa shape index (κ2) is 8.99. The van der Waals surface area contributed by atoms with Crippen molar-refractivity contribution in [3.8, 4) is 5.75 Å². The zero-order valence-electron chi connectivity index (χ0n) is 16.2. The van der Waals surface area contributed by atoms with Crippen molar-refractivity contribution in [2.45, 2.75) is 26.2 Å². The largest absolute Gasteiger partial charge is 0.497 e. The summed E-state index contributed by atoms with van der Waals surface area (Å²) >= 11 is 0. The average Bonchev–Trinajstić information content (AvgIpc) is 3.09. The van der Waals surface area contributed by atoms with Crippen molar-refractivity contribution in [2.24, 2.45) is 5.92 Å². The first-order valence-corrected chi connectivity index (χ1v) is 9.64. The van der Waals surface area contributed by atoms with Gasteiger partial charge in [-0.25, -0.2) is 0 Å². The Morgan fingerprint density at radius 1 is 1.04 bits per heavy atom. The van der Waals surface area contributed by atoms with Crippen LogP contribution in [0.5, 0.6) is 5.75 Å². The third kappa shape index (κ3) is 4.77. The molecule has 0 unspecified atom stereocenters. The summed E-state index contributed by atoms with van der Waals surface area (Å²) in [6.45, 7) is 4.87. The third-order valence-electron chi connectivity index (χ3n) is 5.03. The number of pyridine rings is 1. The maximum absolute atomic E-state index is 5.99. The Hall–Kier alpha value is -2.70. The lowest BCUT2D eigenvalue weighted by atomic mass is 10.1. The van der Waals surface area contributed by atoms with Gasteiger partial charge in [0.15, 0.2) is 0 Å². The van der Waals surface area contributed by atoms with E-state index in [1.54, 1.807) is 13.3 Å². The van der Waals surface area contributed by atoms with Gasteiger partial charge in [-0.3, -0.25) is 14.6 Å². The zero-order chi connectivity index (χ0) is 19.2. The smallest absolute Gasteiger partial charge is 0.118 e. The van der Waals surface area contributed by atoms with Crippen LogP contribution in [0.15, 0.2) is 60.9 Å². The molecule has 1 aliphatic rings. The van der Waals surface area contributed by atoms with Crippen LogP contribution in [-0.2, 0) is 31.0 Å². The van der Waals surface area contributed by atoms with Crippen molar-refractivity contribution in [1.29, 1.82) is 0 Å². The fourth-order valence-corrected chi connectivity index (χ4v) is 3.65. The molecule has 4 rings (SSSR count). The summed E-state index contributed by atoms with van der Waals surface area (Å²) in [5, 5.41) is 4.50. The van der Waals surface area contributed by atoms with Gasteiger partial charge in [-0.05, 0) is 35.9 Å². The first-order valence-electron chi connectivity index (χ1n) is 9.64. The molecule has 0 fully saturated rings. The van der Waals surface area contributed by atoms with Crippen molar-refractivity contribution in [2.75, 3.05) is 20.3 Å². The van der Waals surface area contributed by atoms with E-state index in [2.05, 4.69) is 37.9 Å². The van der Waals surface area contributed by atoms with Crippen LogP contribution < -0.4 is 4.74 Å². The van der Waals surface area contributed by atoms with E-state index in [-0.39, 0.29) is 0 Å². The van der Waals surface area contributed by atoms with E-state index in [1.165, 1.54) is 11.3 Å². The fraction of sp³-hybridized carbons (Fsp3) is 0.364. The van der Waals surface area contributed by atoms with Gasteiger partial charge >= 0.3 is 0 Å². The molecule has 1 aliphatic heterocycles. The molecule has 0 amide bonds. The Morgan fingerprint density at radius 2 is 1.93 bits per heavy atom. The van der Waals surface area contributed by atoms with Crippen LogP contribution in [0.1, 0.15) is 17.0 Å². The molecule has 0 saturated heterocycles. The van der Waals surface area contributed by atoms with Crippen molar-refractivity contribution >= 4 is 0 Å². The Bertz CT molecular complexity index is 864. The summed E-state index contributed by atoms with van der Waals surface area (Å²) < 4.78 is 13.4. The van der Waals surface area contributed by atoms with Gasteiger partial charge in [0.05, 0.1) is 31.7 Å². The van der Waals surface area contributed by atoms with Crippen LogP contribution in [0.4, 0.5) is 0 Å². The van der Waals surface area contributed by atoms with Gasteiger partial charge in [0.1, 0.15) is 5.75 Å². The number of nitrogens with zero attached hydrogens (tertiary/aromatic N) is 4. The van der Waals surface area contributed by atoms with Crippen LogP contribution in [0, 0.1) is 5.92 Å². The lowest BCUT2D eigenvalue weighted by Gasteiger charge is -2.24. The molecular weight excluding hydrogens is 352 g/mol. The highest BCUT2D eigenvalue weighted by Crippen LogP contribution is 2.20. The number of hydrogen-bond acceptors (Lipinski definition) is 5. The summed E-state index contributed by atoms with van der Waals surface area (Å²) in [7, 11) is 1.69. The SMILES string of the molecule is COc1ccc(CN2Cc3ccnn3C[C@@H](COCc3ccccn3)C2)cc1. The molecule has 1 atom stereocenters. The molecule has 6 heteroatoms. The standard InChI is InChI=1S/C22H26N4O2/c1-27-22-7-5-18(6-8-22)12-25-13-19(14-26-21(15-25)9-11-24-26)16-28-17-20-4-2-3-10-23-20/h2-11,19H,12-17H2,1H3/t19-/m0/s1. The van der Waals surface area contributed by atoms with Crippen LogP contribution in [-0.4, -0.2) is 39.9 Å². The van der Waals surface area contributed by atoms with Crippen molar-refractivity contribution in [1.82, 2.24) is 19.7 Å². The first-order chi connectivity index (χ1) is 13.8. The van der Waals surface area contributed by atoms with Gasteiger partial charge in [0.25, 0.3) is 0 Å². The van der Waals surface area contributed by atoms with Gasteiger partial charge in [-0.15, -0.1) is 0 Å². The Balaban J connectivity index is 1.40. The lowest BCUT2D eigenvalue weighted by Crippen LogP contribution is -2.30. The quantitative estimate of drug-likeness (QED) is 0.632. The highest BCUT2D eigenvalue weighted by Gasteiger charge is 2.22. The van der Waals surface area contributed by atoms with E-state index in [0.717, 1.165) is 37.6 Å². The van der Waals surface area contributed by atoms with Crippen molar-refractivity contribution < 1.29 is 9.47 Å². The zero-order valence-corrected chi connectivity index (χ0v) is 16.2. The van der Waals surface area contributed by atoms with E-state index in [4.69, 9.17) is 9.47 Å². The predicted octanol–water partition coefficient (Wildman–Crippen LogP) is 3.14. The average molecular weight is 378 g/mol. The van der Waals surface area contributed by atoms with Gasteiger partial charge in [0.2, 0.25) is 0 Å². The number of benzene rings is 1. The number of methoxy groups -OCH3 is 1. The molecule has 0 N–H and O–H groups in total. The summed E-state index contributed by atoms with van der Waals surface area (Å²) in [6.07, 6.45) is 3.69. The van der Waals surface area contributed by atoms with E-state index in [1.807, 2.05) is 36.5 Å². The monoisotopic (exact) mass is 378 g/mol. The molecule has 0 saturated carbocycles. The minimum atomic E-state index is 0.378. The maximum atomic E-state index is 5.99. The number of ether oxygens (including phenoxy) is 2. The molecule has 3 heterocycles. The molecule has 1 aromatic carbocycles. The Kier molecular flexibility index (Phi) is 5.99. The highest BCUT2D eigenvalue weighted by molar-refractivity contribution is 5.27. The maximum Gasteiger partial charge on any atom is 0.118 e. The molecule has 0 spiro atoms. The molecule has 146 valence electrons. The normalized spacial score (nSPS) is 17.1. The number of aromatic nitrogens is 3. The minimum Gasteiger partial charge on any atom is -0.497 e. The Morgan fingerprint density at radius 3 is 2.71 bits per heavy atom. The van der Waals surface area contributed by atoms with Crippen LogP contribution in [0.2, 0.25) is 0 Å². The molecule has 28 heavy (non-hydrogen) atoms. The summed E-state index contributed by atoms with van der Waals surface area (Å²) in [4.78, 5) is 6.80. The van der Waals surface area contributed by atoms with Gasteiger partial charge < -0.3 is 9.47 Å². The molecular formula is C22H26N4O2. The molecule has 0 aliphatic carbocycles. The van der Waals surface area contributed by atoms with E-state index < -0.39 is 0 Å². The predicted molar refractivity (Wildman–Crippen MR) is 107 cm³/mol. The van der Waals surface area contributed by atoms with Gasteiger partial charge in [0, 0.05) is 44.5 Å². The van der Waals surface area contributed by atoms with Crippen molar-refractivity contribution in [3.05, 3.63) is 77.9 Å². The second-order valence-electron chi connectivity index (χ2n) is 7.22. The summed E-state index contributed by atoms with van der Waals surface area (Å²) in [5.74, 6) is 1.27. The number of rotatable bonds is 7. The van der Waals surface area contributed by atoms with E-state index in [9.17, 15) is 0 Å². The van der Waals surface area contributed by atoms with Gasteiger partial charge in [-0.1, -0.05) is 18.2 Å². The van der Waals surface area contributed by atoms with Crippen molar-refractivity contribution in [3.63, 3.8) is 0 Å². The lowest BCUT2D eigenvalue weighted by molar-refractivity contribution is 0.0640. The number of hydrogen-bond donors (Lipinski definition) is 0. The van der Waals surface area contributed by atoms with Gasteiger partial charge in [-0.2, -0.15) is 5.10 Å². The van der Waals surface area contributed by atoms with E-state index >= 15 is 0 Å². The first kappa shape index (κ1) is 18.7. The Labute approximate surface area is 165 Å². The highest BCUT2D eigenvalue weighted by atomic mass is 16.5. The number of fused-ring (bicyclic) bond motifs is 1. The molecule has 2 aromatic heterocycles. The summed E-state index contributed by atoms with van der Waals surface area (Å²) in [5.41, 5.74) is 3.49. The third-order valence-corrected chi connectivity index (χ3v) is 5.03. The molecule has 3 aromatic rings. The van der Waals surface area contributed by atoms with Crippen LogP contribution >= 0.6 is 0 Å². The van der Waals surface area contributed by atoms with E-state index in [0.29, 0.717) is 19.1 Å². The molecule has 6 nitrogen and oxygen atoms in total. The summed E-state index contributed by atoms with van der Waals surface area (Å²) in [6, 6.07) is 16.3. The van der Waals surface area contributed by atoms with Crippen LogP contribution in [0.25, 0.3) is 0 Å². The van der Waals surface area contributed by atoms with Crippen LogP contribution in [0.3, 0.4) is 0 Å².